The van der Waals surface area contributed by atoms with Crippen molar-refractivity contribution in [2.75, 3.05) is 6.54 Å². The molecule has 0 bridgehead atoms. The molecule has 0 heterocycles. The highest BCUT2D eigenvalue weighted by molar-refractivity contribution is 5.31. The second-order valence-corrected chi connectivity index (χ2v) is 4.67. The Balaban J connectivity index is 2.44. The quantitative estimate of drug-likeness (QED) is 0.830. The van der Waals surface area contributed by atoms with Crippen LogP contribution in [0.15, 0.2) is 24.3 Å². The Hall–Kier alpha value is -1.43. The molecular formula is C14H20F3NO2. The van der Waals surface area contributed by atoms with Crippen molar-refractivity contribution in [3.63, 3.8) is 0 Å². The zero-order chi connectivity index (χ0) is 15.2. The van der Waals surface area contributed by atoms with Crippen LogP contribution in [0.5, 0.6) is 11.5 Å². The fourth-order valence-corrected chi connectivity index (χ4v) is 1.51. The molecule has 0 aliphatic rings. The van der Waals surface area contributed by atoms with Crippen LogP contribution in [0.3, 0.4) is 0 Å². The summed E-state index contributed by atoms with van der Waals surface area (Å²) in [5.41, 5.74) is 0. The van der Waals surface area contributed by atoms with Gasteiger partial charge in [-0.25, -0.2) is 0 Å². The highest BCUT2D eigenvalue weighted by Gasteiger charge is 2.30. The zero-order valence-corrected chi connectivity index (χ0v) is 11.8. The van der Waals surface area contributed by atoms with Gasteiger partial charge in [0, 0.05) is 12.6 Å². The molecule has 0 radical (unpaired) electrons. The maximum Gasteiger partial charge on any atom is 0.573 e. The van der Waals surface area contributed by atoms with Gasteiger partial charge in [0.05, 0.1) is 0 Å². The van der Waals surface area contributed by atoms with Gasteiger partial charge in [-0.05, 0) is 44.5 Å². The van der Waals surface area contributed by atoms with Gasteiger partial charge in [-0.2, -0.15) is 0 Å². The zero-order valence-electron chi connectivity index (χ0n) is 11.8. The van der Waals surface area contributed by atoms with Gasteiger partial charge in [0.2, 0.25) is 0 Å². The summed E-state index contributed by atoms with van der Waals surface area (Å²) in [5.74, 6) is 0.258. The van der Waals surface area contributed by atoms with Crippen LogP contribution in [0.1, 0.15) is 27.2 Å². The number of rotatable bonds is 7. The molecule has 114 valence electrons. The third-order valence-corrected chi connectivity index (χ3v) is 2.76. The lowest BCUT2D eigenvalue weighted by Crippen LogP contribution is -2.34. The monoisotopic (exact) mass is 291 g/mol. The summed E-state index contributed by atoms with van der Waals surface area (Å²) in [5, 5.41) is 3.30. The van der Waals surface area contributed by atoms with Crippen molar-refractivity contribution in [3.8, 4) is 11.5 Å². The van der Waals surface area contributed by atoms with Crippen LogP contribution in [0.2, 0.25) is 0 Å². The standard InChI is InChI=1S/C14H20F3NO2/c1-4-10(2)18-9-11(3)19-12-5-7-13(8-6-12)20-14(15,16)17/h5-8,10-11,18H,4,9H2,1-3H3. The molecule has 0 aromatic heterocycles. The van der Waals surface area contributed by atoms with E-state index in [-0.39, 0.29) is 11.9 Å². The topological polar surface area (TPSA) is 30.5 Å². The van der Waals surface area contributed by atoms with E-state index in [4.69, 9.17) is 4.74 Å². The van der Waals surface area contributed by atoms with E-state index in [1.165, 1.54) is 24.3 Å². The molecule has 0 aliphatic carbocycles. The van der Waals surface area contributed by atoms with Gasteiger partial charge in [0.15, 0.2) is 0 Å². The lowest BCUT2D eigenvalue weighted by molar-refractivity contribution is -0.274. The maximum absolute atomic E-state index is 12.0. The van der Waals surface area contributed by atoms with Crippen LogP contribution in [0, 0.1) is 0 Å². The molecule has 3 nitrogen and oxygen atoms in total. The molecule has 2 unspecified atom stereocenters. The van der Waals surface area contributed by atoms with E-state index in [1.807, 2.05) is 6.92 Å². The Kier molecular flexibility index (Phi) is 6.13. The number of halogens is 3. The van der Waals surface area contributed by atoms with Crippen molar-refractivity contribution in [2.24, 2.45) is 0 Å². The number of benzene rings is 1. The predicted molar refractivity (Wildman–Crippen MR) is 71.0 cm³/mol. The van der Waals surface area contributed by atoms with Crippen LogP contribution in [-0.2, 0) is 0 Å². The van der Waals surface area contributed by atoms with Crippen molar-refractivity contribution in [2.45, 2.75) is 45.7 Å². The van der Waals surface area contributed by atoms with Crippen LogP contribution in [0.4, 0.5) is 13.2 Å². The fraction of sp³-hybridized carbons (Fsp3) is 0.571. The summed E-state index contributed by atoms with van der Waals surface area (Å²) in [6.07, 6.45) is -3.72. The van der Waals surface area contributed by atoms with E-state index in [2.05, 4.69) is 23.9 Å². The number of nitrogens with one attached hydrogen (secondary N) is 1. The maximum atomic E-state index is 12.0. The SMILES string of the molecule is CCC(C)NCC(C)Oc1ccc(OC(F)(F)F)cc1. The third-order valence-electron chi connectivity index (χ3n) is 2.76. The first-order chi connectivity index (χ1) is 9.30. The summed E-state index contributed by atoms with van der Waals surface area (Å²) >= 11 is 0. The molecule has 0 saturated heterocycles. The van der Waals surface area contributed by atoms with E-state index >= 15 is 0 Å². The van der Waals surface area contributed by atoms with E-state index in [1.54, 1.807) is 0 Å². The third kappa shape index (κ3) is 6.65. The molecule has 6 heteroatoms. The summed E-state index contributed by atoms with van der Waals surface area (Å²) in [6, 6.07) is 5.79. The van der Waals surface area contributed by atoms with Crippen LogP contribution < -0.4 is 14.8 Å². The summed E-state index contributed by atoms with van der Waals surface area (Å²) in [4.78, 5) is 0. The number of hydrogen-bond acceptors (Lipinski definition) is 3. The number of hydrogen-bond donors (Lipinski definition) is 1. The van der Waals surface area contributed by atoms with E-state index in [9.17, 15) is 13.2 Å². The number of alkyl halides is 3. The Bertz CT molecular complexity index is 392. The lowest BCUT2D eigenvalue weighted by Gasteiger charge is -2.18. The smallest absolute Gasteiger partial charge is 0.489 e. The molecule has 0 spiro atoms. The summed E-state index contributed by atoms with van der Waals surface area (Å²) < 4.78 is 45.4. The van der Waals surface area contributed by atoms with Gasteiger partial charge in [0.1, 0.15) is 17.6 Å². The molecule has 1 aromatic rings. The van der Waals surface area contributed by atoms with Gasteiger partial charge >= 0.3 is 6.36 Å². The molecule has 1 aromatic carbocycles. The minimum Gasteiger partial charge on any atom is -0.489 e. The molecule has 1 N–H and O–H groups in total. The Morgan fingerprint density at radius 3 is 2.15 bits per heavy atom. The normalized spacial score (nSPS) is 14.7. The molecule has 2 atom stereocenters. The predicted octanol–water partition coefficient (Wildman–Crippen LogP) is 3.74. The molecular weight excluding hydrogens is 271 g/mol. The Morgan fingerprint density at radius 1 is 1.10 bits per heavy atom. The van der Waals surface area contributed by atoms with E-state index in [0.717, 1.165) is 6.42 Å². The highest BCUT2D eigenvalue weighted by atomic mass is 19.4. The first-order valence-corrected chi connectivity index (χ1v) is 6.56. The van der Waals surface area contributed by atoms with Crippen LogP contribution in [0.25, 0.3) is 0 Å². The fourth-order valence-electron chi connectivity index (χ4n) is 1.51. The van der Waals surface area contributed by atoms with E-state index < -0.39 is 6.36 Å². The summed E-state index contributed by atoms with van der Waals surface area (Å²) in [7, 11) is 0. The van der Waals surface area contributed by atoms with Crippen LogP contribution in [-0.4, -0.2) is 25.1 Å². The van der Waals surface area contributed by atoms with Gasteiger partial charge in [-0.3, -0.25) is 0 Å². The van der Waals surface area contributed by atoms with Crippen molar-refractivity contribution < 1.29 is 22.6 Å². The molecule has 0 aliphatic heterocycles. The molecule has 20 heavy (non-hydrogen) atoms. The minimum absolute atomic E-state index is 0.0709. The first-order valence-electron chi connectivity index (χ1n) is 6.56. The highest BCUT2D eigenvalue weighted by Crippen LogP contribution is 2.24. The average molecular weight is 291 g/mol. The van der Waals surface area contributed by atoms with Crippen molar-refractivity contribution in [3.05, 3.63) is 24.3 Å². The van der Waals surface area contributed by atoms with Crippen molar-refractivity contribution in [1.29, 1.82) is 0 Å². The second-order valence-electron chi connectivity index (χ2n) is 4.67. The number of ether oxygens (including phenoxy) is 2. The van der Waals surface area contributed by atoms with E-state index in [0.29, 0.717) is 18.3 Å². The van der Waals surface area contributed by atoms with Crippen LogP contribution >= 0.6 is 0 Å². The molecule has 0 fully saturated rings. The van der Waals surface area contributed by atoms with Gasteiger partial charge in [-0.1, -0.05) is 6.92 Å². The minimum atomic E-state index is -4.67. The molecule has 1 rings (SSSR count). The largest absolute Gasteiger partial charge is 0.573 e. The van der Waals surface area contributed by atoms with Crippen molar-refractivity contribution >= 4 is 0 Å². The Labute approximate surface area is 117 Å². The van der Waals surface area contributed by atoms with Gasteiger partial charge in [0.25, 0.3) is 0 Å². The second kappa shape index (κ2) is 7.38. The molecule has 0 saturated carbocycles. The Morgan fingerprint density at radius 2 is 1.65 bits per heavy atom. The summed E-state index contributed by atoms with van der Waals surface area (Å²) in [6.45, 7) is 6.74. The first kappa shape index (κ1) is 16.6. The van der Waals surface area contributed by atoms with Gasteiger partial charge in [-0.15, -0.1) is 13.2 Å². The average Bonchev–Trinajstić information content (AvgIpc) is 2.36. The molecule has 0 amide bonds. The van der Waals surface area contributed by atoms with Crippen molar-refractivity contribution in [1.82, 2.24) is 5.32 Å². The lowest BCUT2D eigenvalue weighted by atomic mass is 10.2. The van der Waals surface area contributed by atoms with Gasteiger partial charge < -0.3 is 14.8 Å².